The molecule has 1 rings (SSSR count). The molecule has 0 aliphatic heterocycles. The molecule has 0 bridgehead atoms. The van der Waals surface area contributed by atoms with Crippen molar-refractivity contribution >= 4 is 5.95 Å². The Kier molecular flexibility index (Phi) is 5.10. The molecule has 1 aromatic rings. The van der Waals surface area contributed by atoms with Gasteiger partial charge in [-0.1, -0.05) is 0 Å². The number of nitrogens with two attached hydrogens (primary N) is 1. The van der Waals surface area contributed by atoms with Crippen LogP contribution in [0.4, 0.5) is 63.0 Å². The molecule has 1 aromatic heterocycles. The summed E-state index contributed by atoms with van der Waals surface area (Å²) in [4.78, 5) is 5.52. The van der Waals surface area contributed by atoms with Gasteiger partial charge in [0.1, 0.15) is 5.69 Å². The van der Waals surface area contributed by atoms with Crippen molar-refractivity contribution in [2.45, 2.75) is 42.7 Å². The third kappa shape index (κ3) is 3.11. The fraction of sp³-hybridized carbons (Fsp3) is 0.636. The van der Waals surface area contributed by atoms with E-state index in [1.807, 2.05) is 0 Å². The third-order valence-corrected chi connectivity index (χ3v) is 3.13. The van der Waals surface area contributed by atoms with Crippen molar-refractivity contribution in [3.8, 4) is 0 Å². The number of hydrogen-bond acceptors (Lipinski definition) is 3. The number of halogens is 13. The first kappa shape index (κ1) is 23.0. The van der Waals surface area contributed by atoms with Crippen molar-refractivity contribution in [2.75, 3.05) is 5.73 Å². The van der Waals surface area contributed by atoms with E-state index in [2.05, 4.69) is 9.97 Å². The van der Waals surface area contributed by atoms with Crippen molar-refractivity contribution in [1.82, 2.24) is 9.97 Å². The van der Waals surface area contributed by atoms with E-state index < -0.39 is 53.1 Å². The van der Waals surface area contributed by atoms with Crippen LogP contribution in [0.25, 0.3) is 0 Å². The van der Waals surface area contributed by atoms with Crippen LogP contribution in [0.2, 0.25) is 0 Å². The number of nitrogen functional groups attached to an aromatic ring is 1. The van der Waals surface area contributed by atoms with Gasteiger partial charge in [0.05, 0.1) is 0 Å². The van der Waals surface area contributed by atoms with Gasteiger partial charge in [-0.2, -0.15) is 57.1 Å². The van der Waals surface area contributed by atoms with Gasteiger partial charge in [0.25, 0.3) is 0 Å². The summed E-state index contributed by atoms with van der Waals surface area (Å²) in [5.41, 5.74) is 1.77. The van der Waals surface area contributed by atoms with Gasteiger partial charge in [0.15, 0.2) is 0 Å². The second-order valence-corrected chi connectivity index (χ2v) is 5.12. The van der Waals surface area contributed by atoms with Gasteiger partial charge >= 0.3 is 35.8 Å². The molecular weight excluding hydrogens is 421 g/mol. The van der Waals surface area contributed by atoms with E-state index in [0.717, 1.165) is 6.92 Å². The van der Waals surface area contributed by atoms with E-state index in [1.54, 1.807) is 0 Å². The summed E-state index contributed by atoms with van der Waals surface area (Å²) in [6.07, 6.45) is -7.46. The average Bonchev–Trinajstić information content (AvgIpc) is 2.44. The first-order valence-electron chi connectivity index (χ1n) is 6.22. The Labute approximate surface area is 140 Å². The molecule has 0 aromatic carbocycles. The zero-order valence-corrected chi connectivity index (χ0v) is 12.5. The molecule has 16 heteroatoms. The Bertz CT molecular complexity index is 690. The number of hydrogen-bond donors (Lipinski definition) is 1. The zero-order chi connectivity index (χ0) is 21.9. The number of alkyl halides is 13. The van der Waals surface area contributed by atoms with E-state index in [4.69, 9.17) is 5.73 Å². The van der Waals surface area contributed by atoms with Gasteiger partial charge in [-0.15, -0.1) is 0 Å². The summed E-state index contributed by atoms with van der Waals surface area (Å²) in [6.45, 7) is 0.806. The molecule has 27 heavy (non-hydrogen) atoms. The molecule has 1 heterocycles. The first-order valence-corrected chi connectivity index (χ1v) is 6.22. The number of rotatable bonds is 5. The van der Waals surface area contributed by atoms with Crippen LogP contribution >= 0.6 is 0 Å². The molecule has 0 amide bonds. The van der Waals surface area contributed by atoms with Crippen LogP contribution in [0.1, 0.15) is 11.4 Å². The Morgan fingerprint density at radius 3 is 1.44 bits per heavy atom. The van der Waals surface area contributed by atoms with Crippen molar-refractivity contribution in [2.24, 2.45) is 0 Å². The predicted octanol–water partition coefficient (Wildman–Crippen LogP) is 4.56. The minimum Gasteiger partial charge on any atom is -0.368 e. The quantitative estimate of drug-likeness (QED) is 0.702. The van der Waals surface area contributed by atoms with E-state index in [0.29, 0.717) is 0 Å². The molecule has 0 saturated carbocycles. The molecule has 0 spiro atoms. The number of anilines is 1. The van der Waals surface area contributed by atoms with E-state index in [9.17, 15) is 57.1 Å². The Morgan fingerprint density at radius 1 is 0.667 bits per heavy atom. The van der Waals surface area contributed by atoms with Gasteiger partial charge in [-0.05, 0) is 13.0 Å². The van der Waals surface area contributed by atoms with Crippen molar-refractivity contribution in [3.63, 3.8) is 0 Å². The maximum atomic E-state index is 13.8. The largest absolute Gasteiger partial charge is 0.460 e. The van der Waals surface area contributed by atoms with Crippen LogP contribution < -0.4 is 5.73 Å². The molecule has 2 N–H and O–H groups in total. The second-order valence-electron chi connectivity index (χ2n) is 5.12. The standard InChI is InChI=1S/C11H6F13N3/c1-3-2-4(27-5(25)26-3)6(12,13)7(14,15)8(16,17)9(18,19)10(20,21)11(22,23)24/h2H,1H3,(H2,25,26,27). The highest BCUT2D eigenvalue weighted by atomic mass is 19.4. The minimum atomic E-state index is -7.96. The molecule has 3 nitrogen and oxygen atoms in total. The van der Waals surface area contributed by atoms with Gasteiger partial charge in [-0.25, -0.2) is 9.97 Å². The highest BCUT2D eigenvalue weighted by Gasteiger charge is 2.91. The van der Waals surface area contributed by atoms with Crippen molar-refractivity contribution < 1.29 is 57.1 Å². The van der Waals surface area contributed by atoms with E-state index in [-0.39, 0.29) is 6.07 Å². The lowest BCUT2D eigenvalue weighted by atomic mass is 9.92. The van der Waals surface area contributed by atoms with Gasteiger partial charge in [0.2, 0.25) is 5.95 Å². The molecule has 0 unspecified atom stereocenters. The molecule has 156 valence electrons. The summed E-state index contributed by atoms with van der Waals surface area (Å²) < 4.78 is 169. The average molecular weight is 427 g/mol. The van der Waals surface area contributed by atoms with Gasteiger partial charge < -0.3 is 5.73 Å². The lowest BCUT2D eigenvalue weighted by Crippen LogP contribution is -2.69. The summed E-state index contributed by atoms with van der Waals surface area (Å²) in [6, 6.07) is -0.125. The second kappa shape index (κ2) is 5.98. The lowest BCUT2D eigenvalue weighted by Gasteiger charge is -2.39. The van der Waals surface area contributed by atoms with Gasteiger partial charge in [-0.3, -0.25) is 0 Å². The maximum Gasteiger partial charge on any atom is 0.460 e. The van der Waals surface area contributed by atoms with Crippen LogP contribution in [-0.2, 0) is 5.92 Å². The third-order valence-electron chi connectivity index (χ3n) is 3.13. The number of nitrogens with zero attached hydrogens (tertiary/aromatic N) is 2. The Balaban J connectivity index is 3.63. The van der Waals surface area contributed by atoms with E-state index >= 15 is 0 Å². The summed E-state index contributed by atoms with van der Waals surface area (Å²) in [5.74, 6) is -38.7. The molecular formula is C11H6F13N3. The highest BCUT2D eigenvalue weighted by Crippen LogP contribution is 2.61. The topological polar surface area (TPSA) is 51.8 Å². The predicted molar refractivity (Wildman–Crippen MR) is 60.9 cm³/mol. The molecule has 0 saturated heterocycles. The van der Waals surface area contributed by atoms with E-state index in [1.165, 1.54) is 0 Å². The zero-order valence-electron chi connectivity index (χ0n) is 12.5. The highest BCUT2D eigenvalue weighted by molar-refractivity contribution is 5.27. The fourth-order valence-electron chi connectivity index (χ4n) is 1.68. The SMILES string of the molecule is Cc1cc(C(F)(F)C(F)(F)C(F)(F)C(F)(F)C(F)(F)C(F)(F)F)nc(N)n1. The summed E-state index contributed by atoms with van der Waals surface area (Å²) in [7, 11) is 0. The van der Waals surface area contributed by atoms with Crippen LogP contribution in [0.3, 0.4) is 0 Å². The van der Waals surface area contributed by atoms with Crippen LogP contribution in [0.5, 0.6) is 0 Å². The molecule has 0 fully saturated rings. The first-order chi connectivity index (χ1) is 11.6. The molecule has 0 atom stereocenters. The molecule has 0 aliphatic rings. The van der Waals surface area contributed by atoms with Crippen LogP contribution in [-0.4, -0.2) is 39.8 Å². The van der Waals surface area contributed by atoms with Crippen LogP contribution in [0.15, 0.2) is 6.07 Å². The normalized spacial score (nSPS) is 15.2. The number of aromatic nitrogens is 2. The monoisotopic (exact) mass is 427 g/mol. The summed E-state index contributed by atoms with van der Waals surface area (Å²) >= 11 is 0. The van der Waals surface area contributed by atoms with Crippen molar-refractivity contribution in [3.05, 3.63) is 17.5 Å². The number of aryl methyl sites for hydroxylation is 1. The fourth-order valence-corrected chi connectivity index (χ4v) is 1.68. The Morgan fingerprint density at radius 2 is 1.07 bits per heavy atom. The molecule has 0 aliphatic carbocycles. The Hall–Kier alpha value is -2.03. The van der Waals surface area contributed by atoms with Crippen LogP contribution in [0, 0.1) is 6.92 Å². The van der Waals surface area contributed by atoms with Crippen molar-refractivity contribution in [1.29, 1.82) is 0 Å². The maximum absolute atomic E-state index is 13.8. The summed E-state index contributed by atoms with van der Waals surface area (Å²) in [5, 5.41) is 0. The van der Waals surface area contributed by atoms with Gasteiger partial charge in [0, 0.05) is 5.69 Å². The minimum absolute atomic E-state index is 0.125. The smallest absolute Gasteiger partial charge is 0.368 e. The lowest BCUT2D eigenvalue weighted by molar-refractivity contribution is -0.442. The molecule has 0 radical (unpaired) electrons.